The van der Waals surface area contributed by atoms with Crippen LogP contribution < -0.4 is 10.6 Å². The molecular weight excluding hydrogens is 438 g/mol. The van der Waals surface area contributed by atoms with Gasteiger partial charge in [-0.3, -0.25) is 9.59 Å². The minimum Gasteiger partial charge on any atom is -0.508 e. The van der Waals surface area contributed by atoms with Crippen molar-refractivity contribution >= 4 is 17.9 Å². The molecule has 0 heterocycles. The number of ether oxygens (including phenoxy) is 1. The van der Waals surface area contributed by atoms with Crippen molar-refractivity contribution in [2.45, 2.75) is 90.6 Å². The summed E-state index contributed by atoms with van der Waals surface area (Å²) in [6.45, 7) is 10.4. The van der Waals surface area contributed by atoms with Gasteiger partial charge in [0.05, 0.1) is 6.61 Å². The highest BCUT2D eigenvalue weighted by Crippen LogP contribution is 2.41. The van der Waals surface area contributed by atoms with Gasteiger partial charge in [0.1, 0.15) is 23.4 Å². The number of nitrogens with zero attached hydrogens (tertiary/aromatic N) is 1. The Balaban J connectivity index is 2.40. The van der Waals surface area contributed by atoms with E-state index in [1.54, 1.807) is 32.9 Å². The number of phenolic OH excluding ortho intramolecular Hbond substituents is 1. The molecule has 1 aliphatic rings. The molecule has 5 atom stereocenters. The molecule has 0 radical (unpaired) electrons. The number of aliphatic hydroxyl groups excluding tert-OH is 1. The summed E-state index contributed by atoms with van der Waals surface area (Å²) in [6, 6.07) is 3.55. The lowest BCUT2D eigenvalue weighted by atomic mass is 10.0. The fourth-order valence-corrected chi connectivity index (χ4v) is 3.91. The number of amides is 3. The Morgan fingerprint density at radius 3 is 2.24 bits per heavy atom. The van der Waals surface area contributed by atoms with Crippen LogP contribution in [0.4, 0.5) is 4.79 Å². The first-order valence-corrected chi connectivity index (χ1v) is 11.9. The second-order valence-corrected chi connectivity index (χ2v) is 10.1. The van der Waals surface area contributed by atoms with E-state index >= 15 is 0 Å². The van der Waals surface area contributed by atoms with E-state index in [9.17, 15) is 24.6 Å². The largest absolute Gasteiger partial charge is 0.508 e. The van der Waals surface area contributed by atoms with Gasteiger partial charge < -0.3 is 30.5 Å². The molecule has 0 saturated heterocycles. The first-order valence-electron chi connectivity index (χ1n) is 11.9. The minimum absolute atomic E-state index is 0.0414. The summed E-state index contributed by atoms with van der Waals surface area (Å²) in [5.41, 5.74) is -0.248. The zero-order chi connectivity index (χ0) is 25.6. The molecule has 1 aromatic rings. The number of alkyl carbamates (subject to hydrolysis) is 1. The third-order valence-corrected chi connectivity index (χ3v) is 5.70. The smallest absolute Gasteiger partial charge is 0.408 e. The zero-order valence-corrected chi connectivity index (χ0v) is 21.0. The van der Waals surface area contributed by atoms with Crippen molar-refractivity contribution in [2.24, 2.45) is 5.92 Å². The van der Waals surface area contributed by atoms with Gasteiger partial charge in [0.2, 0.25) is 11.8 Å². The summed E-state index contributed by atoms with van der Waals surface area (Å²) >= 11 is 0. The van der Waals surface area contributed by atoms with E-state index in [2.05, 4.69) is 10.6 Å². The molecule has 1 aliphatic carbocycles. The van der Waals surface area contributed by atoms with Gasteiger partial charge in [0, 0.05) is 12.1 Å². The molecule has 0 aliphatic heterocycles. The molecule has 2 rings (SSSR count). The molecule has 9 heteroatoms. The third-order valence-electron chi connectivity index (χ3n) is 5.70. The Morgan fingerprint density at radius 1 is 1.18 bits per heavy atom. The Bertz CT molecular complexity index is 851. The first kappa shape index (κ1) is 27.4. The standard InChI is InChI=1S/C25H39N3O6/c1-7-8-16(3)26-22(31)21(17-9-11-18(30)12-10-17)28(20-13-15(20)2)23(32)19(14-29)27-24(33)34-25(4,5)6/h9-12,15-16,19-21,29-30H,7-8,13-14H2,1-6H3,(H,26,31)(H,27,33). The van der Waals surface area contributed by atoms with Crippen LogP contribution >= 0.6 is 0 Å². The molecule has 1 fully saturated rings. The van der Waals surface area contributed by atoms with Crippen molar-refractivity contribution in [2.75, 3.05) is 6.61 Å². The van der Waals surface area contributed by atoms with E-state index < -0.39 is 36.3 Å². The predicted molar refractivity (Wildman–Crippen MR) is 128 cm³/mol. The number of benzene rings is 1. The lowest BCUT2D eigenvalue weighted by molar-refractivity contribution is -0.144. The van der Waals surface area contributed by atoms with E-state index in [4.69, 9.17) is 4.74 Å². The molecule has 0 aromatic heterocycles. The molecular formula is C25H39N3O6. The van der Waals surface area contributed by atoms with Crippen LogP contribution in [0, 0.1) is 5.92 Å². The van der Waals surface area contributed by atoms with E-state index in [-0.39, 0.29) is 29.7 Å². The number of hydrogen-bond acceptors (Lipinski definition) is 6. The zero-order valence-electron chi connectivity index (χ0n) is 21.0. The second kappa shape index (κ2) is 11.6. The quantitative estimate of drug-likeness (QED) is 0.410. The van der Waals surface area contributed by atoms with Crippen molar-refractivity contribution in [3.8, 4) is 5.75 Å². The molecule has 0 spiro atoms. The fraction of sp³-hybridized carbons (Fsp3) is 0.640. The average Bonchev–Trinajstić information content (AvgIpc) is 3.45. The van der Waals surface area contributed by atoms with Gasteiger partial charge in [0.15, 0.2) is 0 Å². The highest BCUT2D eigenvalue weighted by molar-refractivity contribution is 5.92. The average molecular weight is 478 g/mol. The molecule has 3 amide bonds. The molecule has 5 unspecified atom stereocenters. The van der Waals surface area contributed by atoms with Gasteiger partial charge in [-0.1, -0.05) is 32.4 Å². The van der Waals surface area contributed by atoms with Gasteiger partial charge in [-0.15, -0.1) is 0 Å². The van der Waals surface area contributed by atoms with Crippen molar-refractivity contribution in [1.29, 1.82) is 0 Å². The maximum absolute atomic E-state index is 13.7. The molecule has 1 saturated carbocycles. The van der Waals surface area contributed by atoms with Crippen LogP contribution in [-0.4, -0.2) is 63.4 Å². The highest BCUT2D eigenvalue weighted by atomic mass is 16.6. The minimum atomic E-state index is -1.27. The molecule has 4 N–H and O–H groups in total. The number of hydrogen-bond donors (Lipinski definition) is 4. The lowest BCUT2D eigenvalue weighted by Crippen LogP contribution is -2.55. The number of aliphatic hydroxyl groups is 1. The predicted octanol–water partition coefficient (Wildman–Crippen LogP) is 2.86. The second-order valence-electron chi connectivity index (χ2n) is 10.1. The van der Waals surface area contributed by atoms with Crippen molar-refractivity contribution in [3.05, 3.63) is 29.8 Å². The Labute approximate surface area is 201 Å². The van der Waals surface area contributed by atoms with Crippen molar-refractivity contribution in [1.82, 2.24) is 15.5 Å². The molecule has 34 heavy (non-hydrogen) atoms. The van der Waals surface area contributed by atoms with Crippen LogP contribution in [0.3, 0.4) is 0 Å². The summed E-state index contributed by atoms with van der Waals surface area (Å²) in [5, 5.41) is 25.1. The molecule has 0 bridgehead atoms. The summed E-state index contributed by atoms with van der Waals surface area (Å²) in [6.07, 6.45) is 1.54. The van der Waals surface area contributed by atoms with E-state index in [0.717, 1.165) is 12.8 Å². The van der Waals surface area contributed by atoms with Crippen molar-refractivity contribution in [3.63, 3.8) is 0 Å². The van der Waals surface area contributed by atoms with Crippen LogP contribution in [0.5, 0.6) is 5.75 Å². The SMILES string of the molecule is CCCC(C)NC(=O)C(c1ccc(O)cc1)N(C(=O)C(CO)NC(=O)OC(C)(C)C)C1CC1C. The van der Waals surface area contributed by atoms with Gasteiger partial charge >= 0.3 is 6.09 Å². The summed E-state index contributed by atoms with van der Waals surface area (Å²) in [7, 11) is 0. The Kier molecular flexibility index (Phi) is 9.32. The molecule has 9 nitrogen and oxygen atoms in total. The van der Waals surface area contributed by atoms with Crippen molar-refractivity contribution < 1.29 is 29.3 Å². The normalized spacial score (nSPS) is 20.0. The number of carbonyl (C=O) groups is 3. The van der Waals surface area contributed by atoms with Gasteiger partial charge in [-0.05, 0) is 64.2 Å². The van der Waals surface area contributed by atoms with E-state index in [0.29, 0.717) is 12.0 Å². The van der Waals surface area contributed by atoms with Gasteiger partial charge in [-0.25, -0.2) is 4.79 Å². The molecule has 1 aromatic carbocycles. The summed E-state index contributed by atoms with van der Waals surface area (Å²) in [4.78, 5) is 40.9. The first-order chi connectivity index (χ1) is 15.9. The third kappa shape index (κ3) is 7.62. The maximum atomic E-state index is 13.7. The lowest BCUT2D eigenvalue weighted by Gasteiger charge is -2.35. The van der Waals surface area contributed by atoms with E-state index in [1.807, 2.05) is 20.8 Å². The number of nitrogens with one attached hydrogen (secondary N) is 2. The number of rotatable bonds is 10. The number of phenols is 1. The van der Waals surface area contributed by atoms with Crippen LogP contribution in [-0.2, 0) is 14.3 Å². The van der Waals surface area contributed by atoms with Gasteiger partial charge in [-0.2, -0.15) is 0 Å². The number of carbonyl (C=O) groups excluding carboxylic acids is 3. The van der Waals surface area contributed by atoms with Gasteiger partial charge in [0.25, 0.3) is 0 Å². The van der Waals surface area contributed by atoms with Crippen LogP contribution in [0.2, 0.25) is 0 Å². The molecule has 190 valence electrons. The van der Waals surface area contributed by atoms with E-state index in [1.165, 1.54) is 17.0 Å². The Morgan fingerprint density at radius 2 is 1.76 bits per heavy atom. The topological polar surface area (TPSA) is 128 Å². The van der Waals surface area contributed by atoms with Crippen LogP contribution in [0.15, 0.2) is 24.3 Å². The summed E-state index contributed by atoms with van der Waals surface area (Å²) in [5.74, 6) is -0.725. The summed E-state index contributed by atoms with van der Waals surface area (Å²) < 4.78 is 5.24. The highest BCUT2D eigenvalue weighted by Gasteiger charge is 2.48. The fourth-order valence-electron chi connectivity index (χ4n) is 3.91. The van der Waals surface area contributed by atoms with Crippen LogP contribution in [0.25, 0.3) is 0 Å². The van der Waals surface area contributed by atoms with Crippen LogP contribution in [0.1, 0.15) is 72.4 Å². The monoisotopic (exact) mass is 477 g/mol. The number of aromatic hydroxyl groups is 1. The maximum Gasteiger partial charge on any atom is 0.408 e. The Hall–Kier alpha value is -2.81.